The fourth-order valence-electron chi connectivity index (χ4n) is 3.01. The van der Waals surface area contributed by atoms with Crippen LogP contribution in [0.2, 0.25) is 0 Å². The second-order valence-electron chi connectivity index (χ2n) is 6.08. The van der Waals surface area contributed by atoms with Crippen molar-refractivity contribution in [1.82, 2.24) is 5.32 Å². The normalized spacial score (nSPS) is 15.4. The van der Waals surface area contributed by atoms with Crippen molar-refractivity contribution in [1.29, 1.82) is 0 Å². The largest absolute Gasteiger partial charge is 0.497 e. The number of fused-ring (bicyclic) bond motifs is 1. The summed E-state index contributed by atoms with van der Waals surface area (Å²) in [6, 6.07) is 11.2. The topological polar surface area (TPSA) is 66.0 Å². The van der Waals surface area contributed by atoms with Crippen molar-refractivity contribution in [3.05, 3.63) is 47.5 Å². The van der Waals surface area contributed by atoms with E-state index in [0.717, 1.165) is 28.4 Å². The Morgan fingerprint density at radius 1 is 1.08 bits per heavy atom. The Kier molecular flexibility index (Phi) is 5.51. The lowest BCUT2D eigenvalue weighted by Crippen LogP contribution is -2.37. The van der Waals surface area contributed by atoms with E-state index in [-0.39, 0.29) is 11.8 Å². The first-order chi connectivity index (χ1) is 12.6. The van der Waals surface area contributed by atoms with Gasteiger partial charge in [-0.15, -0.1) is 0 Å². The summed E-state index contributed by atoms with van der Waals surface area (Å²) in [5.74, 6) is 2.70. The molecule has 0 unspecified atom stereocenters. The van der Waals surface area contributed by atoms with E-state index in [4.69, 9.17) is 18.9 Å². The van der Waals surface area contributed by atoms with Crippen molar-refractivity contribution in [2.24, 2.45) is 5.92 Å². The predicted molar refractivity (Wildman–Crippen MR) is 97.1 cm³/mol. The van der Waals surface area contributed by atoms with Crippen LogP contribution in [0.5, 0.6) is 23.0 Å². The third-order valence-electron chi connectivity index (χ3n) is 4.49. The van der Waals surface area contributed by atoms with Gasteiger partial charge in [-0.2, -0.15) is 0 Å². The molecule has 1 N–H and O–H groups in total. The minimum atomic E-state index is -0.244. The minimum Gasteiger partial charge on any atom is -0.497 e. The molecule has 0 aromatic heterocycles. The van der Waals surface area contributed by atoms with Gasteiger partial charge >= 0.3 is 0 Å². The van der Waals surface area contributed by atoms with Gasteiger partial charge in [0, 0.05) is 12.1 Å². The van der Waals surface area contributed by atoms with E-state index in [0.29, 0.717) is 25.3 Å². The van der Waals surface area contributed by atoms with Crippen molar-refractivity contribution in [3.63, 3.8) is 0 Å². The van der Waals surface area contributed by atoms with E-state index in [1.807, 2.05) is 36.4 Å². The maximum Gasteiger partial charge on any atom is 0.227 e. The molecule has 0 fully saturated rings. The highest BCUT2D eigenvalue weighted by molar-refractivity contribution is 5.79. The zero-order valence-corrected chi connectivity index (χ0v) is 15.2. The van der Waals surface area contributed by atoms with E-state index in [1.165, 1.54) is 0 Å². The number of hydrogen-bond donors (Lipinski definition) is 1. The van der Waals surface area contributed by atoms with Crippen molar-refractivity contribution in [2.45, 2.75) is 13.0 Å². The second-order valence-corrected chi connectivity index (χ2v) is 6.08. The van der Waals surface area contributed by atoms with Crippen LogP contribution in [0.1, 0.15) is 11.1 Å². The van der Waals surface area contributed by atoms with Crippen LogP contribution in [-0.2, 0) is 17.8 Å². The third kappa shape index (κ3) is 3.85. The molecule has 3 rings (SSSR count). The van der Waals surface area contributed by atoms with Gasteiger partial charge in [-0.05, 0) is 48.4 Å². The number of carbonyl (C=O) groups excluding carboxylic acids is 1. The van der Waals surface area contributed by atoms with Crippen molar-refractivity contribution in [2.75, 3.05) is 27.9 Å². The van der Waals surface area contributed by atoms with Gasteiger partial charge in [-0.3, -0.25) is 4.79 Å². The molecule has 1 aliphatic rings. The van der Waals surface area contributed by atoms with Gasteiger partial charge in [0.05, 0.1) is 27.2 Å². The summed E-state index contributed by atoms with van der Waals surface area (Å²) in [5.41, 5.74) is 1.84. The zero-order valence-electron chi connectivity index (χ0n) is 15.2. The maximum atomic E-state index is 12.6. The number of benzene rings is 2. The highest BCUT2D eigenvalue weighted by Crippen LogP contribution is 2.31. The van der Waals surface area contributed by atoms with Crippen LogP contribution in [0.15, 0.2) is 36.4 Å². The molecule has 138 valence electrons. The van der Waals surface area contributed by atoms with Gasteiger partial charge in [-0.1, -0.05) is 0 Å². The number of carbonyl (C=O) groups is 1. The molecule has 2 aromatic carbocycles. The molecule has 0 saturated carbocycles. The van der Waals surface area contributed by atoms with Crippen LogP contribution in [-0.4, -0.2) is 33.8 Å². The van der Waals surface area contributed by atoms with E-state index in [1.54, 1.807) is 21.3 Å². The van der Waals surface area contributed by atoms with E-state index in [2.05, 4.69) is 5.32 Å². The molecule has 26 heavy (non-hydrogen) atoms. The Bertz CT molecular complexity index is 790. The van der Waals surface area contributed by atoms with Gasteiger partial charge in [0.15, 0.2) is 0 Å². The van der Waals surface area contributed by atoms with Crippen LogP contribution in [0, 0.1) is 5.92 Å². The molecule has 1 atom stereocenters. The maximum absolute atomic E-state index is 12.6. The molecule has 1 aliphatic heterocycles. The number of hydrogen-bond acceptors (Lipinski definition) is 5. The van der Waals surface area contributed by atoms with E-state index < -0.39 is 0 Å². The fourth-order valence-corrected chi connectivity index (χ4v) is 3.01. The first-order valence-electron chi connectivity index (χ1n) is 8.43. The SMILES string of the molecule is COc1ccc(OC)c(CNC(=O)[C@H]2COc3ccc(OC)cc3C2)c1. The van der Waals surface area contributed by atoms with Crippen LogP contribution in [0.25, 0.3) is 0 Å². The molecule has 6 heteroatoms. The number of rotatable bonds is 6. The van der Waals surface area contributed by atoms with Crippen LogP contribution >= 0.6 is 0 Å². The molecular weight excluding hydrogens is 334 g/mol. The molecule has 0 bridgehead atoms. The molecule has 1 amide bonds. The van der Waals surface area contributed by atoms with Crippen LogP contribution in [0.4, 0.5) is 0 Å². The smallest absolute Gasteiger partial charge is 0.227 e. The highest BCUT2D eigenvalue weighted by Gasteiger charge is 2.26. The third-order valence-corrected chi connectivity index (χ3v) is 4.49. The Morgan fingerprint density at radius 3 is 2.54 bits per heavy atom. The summed E-state index contributed by atoms with van der Waals surface area (Å²) in [6.07, 6.45) is 0.619. The van der Waals surface area contributed by atoms with E-state index in [9.17, 15) is 4.79 Å². The molecule has 2 aromatic rings. The van der Waals surface area contributed by atoms with Gasteiger partial charge in [0.2, 0.25) is 5.91 Å². The lowest BCUT2D eigenvalue weighted by atomic mass is 9.95. The second kappa shape index (κ2) is 7.99. The van der Waals surface area contributed by atoms with Gasteiger partial charge in [0.25, 0.3) is 0 Å². The lowest BCUT2D eigenvalue weighted by molar-refractivity contribution is -0.126. The summed E-state index contributed by atoms with van der Waals surface area (Å²) in [6.45, 7) is 0.723. The predicted octanol–water partition coefficient (Wildman–Crippen LogP) is 2.58. The number of amides is 1. The fraction of sp³-hybridized carbons (Fsp3) is 0.350. The van der Waals surface area contributed by atoms with Crippen LogP contribution < -0.4 is 24.3 Å². The molecule has 0 spiro atoms. The van der Waals surface area contributed by atoms with Crippen molar-refractivity contribution in [3.8, 4) is 23.0 Å². The Hall–Kier alpha value is -2.89. The molecular formula is C20H23NO5. The average molecular weight is 357 g/mol. The Balaban J connectivity index is 1.66. The van der Waals surface area contributed by atoms with E-state index >= 15 is 0 Å². The first-order valence-corrected chi connectivity index (χ1v) is 8.43. The summed E-state index contributed by atoms with van der Waals surface area (Å²) in [7, 11) is 4.83. The Morgan fingerprint density at radius 2 is 1.81 bits per heavy atom. The number of methoxy groups -OCH3 is 3. The molecule has 0 saturated heterocycles. The average Bonchev–Trinajstić information content (AvgIpc) is 2.70. The first kappa shape index (κ1) is 17.9. The summed E-state index contributed by atoms with van der Waals surface area (Å²) in [5, 5.41) is 2.97. The summed E-state index contributed by atoms with van der Waals surface area (Å²) >= 11 is 0. The number of nitrogens with one attached hydrogen (secondary N) is 1. The minimum absolute atomic E-state index is 0.0525. The van der Waals surface area contributed by atoms with Gasteiger partial charge in [0.1, 0.15) is 29.6 Å². The highest BCUT2D eigenvalue weighted by atomic mass is 16.5. The lowest BCUT2D eigenvalue weighted by Gasteiger charge is -2.25. The Labute approximate surface area is 153 Å². The van der Waals surface area contributed by atoms with Crippen LogP contribution in [0.3, 0.4) is 0 Å². The van der Waals surface area contributed by atoms with Crippen molar-refractivity contribution >= 4 is 5.91 Å². The summed E-state index contributed by atoms with van der Waals surface area (Å²) in [4.78, 5) is 12.6. The van der Waals surface area contributed by atoms with Gasteiger partial charge in [-0.25, -0.2) is 0 Å². The standard InChI is InChI=1S/C20H23NO5/c1-23-16-5-7-19-13(9-16)8-15(12-26-19)20(22)21-11-14-10-17(24-2)4-6-18(14)25-3/h4-7,9-10,15H,8,11-12H2,1-3H3,(H,21,22)/t15-/m1/s1. The van der Waals surface area contributed by atoms with Gasteiger partial charge < -0.3 is 24.3 Å². The molecule has 1 heterocycles. The molecule has 0 radical (unpaired) electrons. The molecule has 0 aliphatic carbocycles. The molecule has 6 nitrogen and oxygen atoms in total. The summed E-state index contributed by atoms with van der Waals surface area (Å²) < 4.78 is 21.6. The van der Waals surface area contributed by atoms with Crippen molar-refractivity contribution < 1.29 is 23.7 Å². The quantitative estimate of drug-likeness (QED) is 0.861. The monoisotopic (exact) mass is 357 g/mol. The zero-order chi connectivity index (χ0) is 18.5. The number of ether oxygens (including phenoxy) is 4.